The number of piperazine rings is 1. The molecule has 0 spiro atoms. The summed E-state index contributed by atoms with van der Waals surface area (Å²) in [6.07, 6.45) is 4.16. The van der Waals surface area contributed by atoms with Crippen LogP contribution < -0.4 is 4.90 Å². The van der Waals surface area contributed by atoms with E-state index in [2.05, 4.69) is 20.2 Å². The highest BCUT2D eigenvalue weighted by atomic mass is 32.1. The molecule has 0 bridgehead atoms. The van der Waals surface area contributed by atoms with Gasteiger partial charge in [-0.15, -0.1) is 11.3 Å². The van der Waals surface area contributed by atoms with Crippen LogP contribution in [0.2, 0.25) is 0 Å². The molecule has 1 saturated heterocycles. The van der Waals surface area contributed by atoms with Gasteiger partial charge in [-0.2, -0.15) is 4.39 Å². The van der Waals surface area contributed by atoms with E-state index in [4.69, 9.17) is 4.98 Å². The van der Waals surface area contributed by atoms with Gasteiger partial charge in [-0.1, -0.05) is 0 Å². The number of hydrogen-bond acceptors (Lipinski definition) is 5. The highest BCUT2D eigenvalue weighted by Crippen LogP contribution is 2.41. The summed E-state index contributed by atoms with van der Waals surface area (Å²) in [5.41, 5.74) is 2.13. The third-order valence-corrected chi connectivity index (χ3v) is 5.39. The summed E-state index contributed by atoms with van der Waals surface area (Å²) in [7, 11) is 0. The molecule has 4 nitrogen and oxygen atoms in total. The number of hydrogen-bond donors (Lipinski definition) is 0. The van der Waals surface area contributed by atoms with Gasteiger partial charge in [0.15, 0.2) is 0 Å². The van der Waals surface area contributed by atoms with Gasteiger partial charge in [0.25, 0.3) is 0 Å². The summed E-state index contributed by atoms with van der Waals surface area (Å²) in [5.74, 6) is 0.340. The van der Waals surface area contributed by atoms with Crippen LogP contribution in [0, 0.1) is 5.95 Å². The van der Waals surface area contributed by atoms with E-state index in [9.17, 15) is 4.39 Å². The molecule has 116 valence electrons. The zero-order valence-corrected chi connectivity index (χ0v) is 13.2. The highest BCUT2D eigenvalue weighted by Gasteiger charge is 2.27. The predicted molar refractivity (Wildman–Crippen MR) is 85.8 cm³/mol. The Hall–Kier alpha value is -1.53. The van der Waals surface area contributed by atoms with E-state index >= 15 is 0 Å². The summed E-state index contributed by atoms with van der Waals surface area (Å²) >= 11 is 1.81. The minimum atomic E-state index is -0.407. The summed E-state index contributed by atoms with van der Waals surface area (Å²) in [5, 5.41) is 3.53. The lowest BCUT2D eigenvalue weighted by Crippen LogP contribution is -2.46. The molecule has 0 radical (unpaired) electrons. The monoisotopic (exact) mass is 318 g/mol. The third kappa shape index (κ3) is 3.13. The van der Waals surface area contributed by atoms with Crippen LogP contribution >= 0.6 is 11.3 Å². The van der Waals surface area contributed by atoms with Crippen LogP contribution in [0.25, 0.3) is 0 Å². The summed E-state index contributed by atoms with van der Waals surface area (Å²) in [6.45, 7) is 4.74. The number of nitrogens with zero attached hydrogens (tertiary/aromatic N) is 4. The molecule has 3 heterocycles. The van der Waals surface area contributed by atoms with Crippen LogP contribution in [0.4, 0.5) is 10.1 Å². The van der Waals surface area contributed by atoms with Crippen molar-refractivity contribution in [3.8, 4) is 0 Å². The molecule has 22 heavy (non-hydrogen) atoms. The standard InChI is InChI=1S/C16H19FN4S/c17-15-9-14(3-4-18-15)21-7-5-20(6-8-21)10-13-11-22-16(19-13)12-1-2-12/h3-4,9,11-12H,1-2,5-8,10H2. The lowest BCUT2D eigenvalue weighted by molar-refractivity contribution is 0.247. The van der Waals surface area contributed by atoms with Crippen molar-refractivity contribution in [3.63, 3.8) is 0 Å². The number of halogens is 1. The van der Waals surface area contributed by atoms with Crippen molar-refractivity contribution >= 4 is 17.0 Å². The number of aromatic nitrogens is 2. The number of pyridine rings is 1. The molecule has 2 aromatic rings. The topological polar surface area (TPSA) is 32.3 Å². The first-order valence-electron chi connectivity index (χ1n) is 7.81. The maximum Gasteiger partial charge on any atom is 0.214 e. The Balaban J connectivity index is 1.33. The minimum absolute atomic E-state index is 0.407. The molecule has 0 aromatic carbocycles. The largest absolute Gasteiger partial charge is 0.369 e. The highest BCUT2D eigenvalue weighted by molar-refractivity contribution is 7.09. The first kappa shape index (κ1) is 14.1. The Morgan fingerprint density at radius 3 is 2.77 bits per heavy atom. The molecule has 1 aliphatic carbocycles. The fourth-order valence-electron chi connectivity index (χ4n) is 2.90. The molecule has 4 rings (SSSR count). The molecule has 0 amide bonds. The summed E-state index contributed by atoms with van der Waals surface area (Å²) < 4.78 is 13.2. The van der Waals surface area contributed by atoms with E-state index in [-0.39, 0.29) is 0 Å². The normalized spacial score (nSPS) is 19.6. The summed E-state index contributed by atoms with van der Waals surface area (Å²) in [6, 6.07) is 3.39. The molecule has 0 N–H and O–H groups in total. The van der Waals surface area contributed by atoms with Gasteiger partial charge in [-0.05, 0) is 18.9 Å². The SMILES string of the molecule is Fc1cc(N2CCN(Cc3csc(C4CC4)n3)CC2)ccn1. The van der Waals surface area contributed by atoms with Crippen molar-refractivity contribution in [1.29, 1.82) is 0 Å². The van der Waals surface area contributed by atoms with Crippen LogP contribution in [-0.2, 0) is 6.54 Å². The Bertz CT molecular complexity index is 647. The van der Waals surface area contributed by atoms with Crippen LogP contribution in [0.1, 0.15) is 29.5 Å². The number of anilines is 1. The molecule has 0 atom stereocenters. The predicted octanol–water partition coefficient (Wildman–Crippen LogP) is 2.88. The molecule has 1 aliphatic heterocycles. The van der Waals surface area contributed by atoms with E-state index in [1.54, 1.807) is 0 Å². The second-order valence-electron chi connectivity index (χ2n) is 6.05. The van der Waals surface area contributed by atoms with E-state index in [0.717, 1.165) is 44.3 Å². The molecule has 2 aromatic heterocycles. The van der Waals surface area contributed by atoms with Crippen LogP contribution in [0.15, 0.2) is 23.7 Å². The van der Waals surface area contributed by atoms with Gasteiger partial charge in [-0.3, -0.25) is 4.90 Å². The van der Waals surface area contributed by atoms with Crippen molar-refractivity contribution < 1.29 is 4.39 Å². The Morgan fingerprint density at radius 1 is 1.23 bits per heavy atom. The lowest BCUT2D eigenvalue weighted by Gasteiger charge is -2.35. The molecular formula is C16H19FN4S. The van der Waals surface area contributed by atoms with Crippen molar-refractivity contribution in [3.05, 3.63) is 40.4 Å². The number of rotatable bonds is 4. The van der Waals surface area contributed by atoms with Gasteiger partial charge in [0.1, 0.15) is 0 Å². The zero-order valence-electron chi connectivity index (χ0n) is 12.4. The maximum absolute atomic E-state index is 13.2. The smallest absolute Gasteiger partial charge is 0.214 e. The van der Waals surface area contributed by atoms with Crippen molar-refractivity contribution in [2.75, 3.05) is 31.1 Å². The molecule has 2 aliphatic rings. The Morgan fingerprint density at radius 2 is 2.05 bits per heavy atom. The van der Waals surface area contributed by atoms with Gasteiger partial charge in [0.05, 0.1) is 10.7 Å². The average molecular weight is 318 g/mol. The van der Waals surface area contributed by atoms with E-state index < -0.39 is 5.95 Å². The van der Waals surface area contributed by atoms with E-state index in [1.165, 1.54) is 35.8 Å². The average Bonchev–Trinajstić information content (AvgIpc) is 3.28. The Kier molecular flexibility index (Phi) is 3.80. The van der Waals surface area contributed by atoms with Crippen LogP contribution in [-0.4, -0.2) is 41.0 Å². The first-order valence-corrected chi connectivity index (χ1v) is 8.69. The number of thiazole rings is 1. The molecule has 2 fully saturated rings. The Labute approximate surface area is 133 Å². The lowest BCUT2D eigenvalue weighted by atomic mass is 10.2. The van der Waals surface area contributed by atoms with Gasteiger partial charge in [-0.25, -0.2) is 9.97 Å². The second kappa shape index (κ2) is 5.93. The third-order valence-electron chi connectivity index (χ3n) is 4.33. The molecule has 1 saturated carbocycles. The van der Waals surface area contributed by atoms with Gasteiger partial charge < -0.3 is 4.90 Å². The van der Waals surface area contributed by atoms with Crippen LogP contribution in [0.3, 0.4) is 0 Å². The van der Waals surface area contributed by atoms with E-state index in [0.29, 0.717) is 0 Å². The van der Waals surface area contributed by atoms with Crippen molar-refractivity contribution in [2.24, 2.45) is 0 Å². The molecule has 6 heteroatoms. The quantitative estimate of drug-likeness (QED) is 0.812. The maximum atomic E-state index is 13.2. The first-order chi connectivity index (χ1) is 10.8. The molecule has 0 unspecified atom stereocenters. The van der Waals surface area contributed by atoms with Gasteiger partial charge in [0, 0.05) is 62.0 Å². The van der Waals surface area contributed by atoms with Crippen molar-refractivity contribution in [2.45, 2.75) is 25.3 Å². The zero-order chi connectivity index (χ0) is 14.9. The van der Waals surface area contributed by atoms with Gasteiger partial charge >= 0.3 is 0 Å². The van der Waals surface area contributed by atoms with Crippen molar-refractivity contribution in [1.82, 2.24) is 14.9 Å². The fourth-order valence-corrected chi connectivity index (χ4v) is 3.88. The van der Waals surface area contributed by atoms with Crippen LogP contribution in [0.5, 0.6) is 0 Å². The fraction of sp³-hybridized carbons (Fsp3) is 0.500. The van der Waals surface area contributed by atoms with E-state index in [1.807, 2.05) is 17.4 Å². The second-order valence-corrected chi connectivity index (χ2v) is 6.94. The van der Waals surface area contributed by atoms with Gasteiger partial charge in [0.2, 0.25) is 5.95 Å². The molecular weight excluding hydrogens is 299 g/mol. The minimum Gasteiger partial charge on any atom is -0.369 e. The summed E-state index contributed by atoms with van der Waals surface area (Å²) in [4.78, 5) is 13.0.